The van der Waals surface area contributed by atoms with Crippen molar-refractivity contribution < 1.29 is 14.3 Å². The van der Waals surface area contributed by atoms with Crippen LogP contribution in [0.1, 0.15) is 22.8 Å². The van der Waals surface area contributed by atoms with E-state index in [0.717, 1.165) is 12.1 Å². The van der Waals surface area contributed by atoms with Gasteiger partial charge >= 0.3 is 5.97 Å². The molecule has 0 saturated heterocycles. The lowest BCUT2D eigenvalue weighted by atomic mass is 10.2. The number of thiocarbonyl (C=S) groups is 1. The first-order chi connectivity index (χ1) is 12.1. The van der Waals surface area contributed by atoms with Gasteiger partial charge in [0.25, 0.3) is 0 Å². The van der Waals surface area contributed by atoms with Gasteiger partial charge in [-0.15, -0.1) is 0 Å². The molecule has 2 aromatic carbocycles. The normalized spacial score (nSPS) is 10.3. The number of hydrogen-bond donors (Lipinski definition) is 2. The number of ether oxygens (including phenoxy) is 2. The van der Waals surface area contributed by atoms with Crippen molar-refractivity contribution in [1.82, 2.24) is 10.7 Å². The van der Waals surface area contributed by atoms with Crippen LogP contribution in [-0.4, -0.2) is 31.0 Å². The molecule has 2 rings (SSSR count). The minimum absolute atomic E-state index is 0.338. The molecule has 0 aliphatic carbocycles. The van der Waals surface area contributed by atoms with E-state index in [1.165, 1.54) is 7.11 Å². The van der Waals surface area contributed by atoms with Crippen molar-refractivity contribution in [3.05, 3.63) is 59.7 Å². The van der Waals surface area contributed by atoms with Gasteiger partial charge in [-0.2, -0.15) is 5.10 Å². The van der Waals surface area contributed by atoms with Gasteiger partial charge in [-0.1, -0.05) is 18.2 Å². The smallest absolute Gasteiger partial charge is 0.343 e. The number of esters is 1. The molecule has 0 aliphatic rings. The van der Waals surface area contributed by atoms with E-state index < -0.39 is 5.97 Å². The summed E-state index contributed by atoms with van der Waals surface area (Å²) in [5.74, 6) is 0.324. The summed E-state index contributed by atoms with van der Waals surface area (Å²) in [5.41, 5.74) is 3.94. The maximum Gasteiger partial charge on any atom is 0.343 e. The zero-order valence-corrected chi connectivity index (χ0v) is 14.8. The number of rotatable bonds is 6. The van der Waals surface area contributed by atoms with Crippen molar-refractivity contribution in [3.63, 3.8) is 0 Å². The van der Waals surface area contributed by atoms with Gasteiger partial charge in [-0.3, -0.25) is 5.43 Å². The molecule has 2 aromatic rings. The SMILES string of the molecule is CCNC(=S)N/N=C\c1ccc(OC(=O)c2ccccc2)c(OC)c1. The molecule has 0 aromatic heterocycles. The van der Waals surface area contributed by atoms with Crippen LogP contribution < -0.4 is 20.2 Å². The van der Waals surface area contributed by atoms with Crippen LogP contribution in [-0.2, 0) is 0 Å². The van der Waals surface area contributed by atoms with Gasteiger partial charge in [0, 0.05) is 6.54 Å². The Bertz CT molecular complexity index is 763. The zero-order chi connectivity index (χ0) is 18.1. The summed E-state index contributed by atoms with van der Waals surface area (Å²) < 4.78 is 10.7. The van der Waals surface area contributed by atoms with E-state index >= 15 is 0 Å². The molecule has 0 aliphatic heterocycles. The van der Waals surface area contributed by atoms with Crippen LogP contribution in [0.3, 0.4) is 0 Å². The number of nitrogens with zero attached hydrogens (tertiary/aromatic N) is 1. The maximum atomic E-state index is 12.1. The standard InChI is InChI=1S/C18H19N3O3S/c1-3-19-18(25)21-20-12-13-9-10-15(16(11-13)23-2)24-17(22)14-7-5-4-6-8-14/h4-12H,3H2,1-2H3,(H2,19,21,25)/b20-12-. The summed E-state index contributed by atoms with van der Waals surface area (Å²) >= 11 is 5.01. The molecule has 0 amide bonds. The molecule has 0 heterocycles. The van der Waals surface area contributed by atoms with E-state index in [-0.39, 0.29) is 0 Å². The second-order valence-electron chi connectivity index (χ2n) is 4.90. The minimum atomic E-state index is -0.446. The largest absolute Gasteiger partial charge is 0.493 e. The molecule has 0 radical (unpaired) electrons. The van der Waals surface area contributed by atoms with Gasteiger partial charge in [0.05, 0.1) is 18.9 Å². The molecule has 0 atom stereocenters. The highest BCUT2D eigenvalue weighted by atomic mass is 32.1. The van der Waals surface area contributed by atoms with Crippen LogP contribution in [0.25, 0.3) is 0 Å². The molecule has 25 heavy (non-hydrogen) atoms. The first-order valence-electron chi connectivity index (χ1n) is 7.66. The average Bonchev–Trinajstić information content (AvgIpc) is 2.63. The quantitative estimate of drug-likeness (QED) is 0.272. The van der Waals surface area contributed by atoms with E-state index in [2.05, 4.69) is 15.8 Å². The third kappa shape index (κ3) is 5.58. The van der Waals surface area contributed by atoms with E-state index in [0.29, 0.717) is 22.2 Å². The van der Waals surface area contributed by atoms with Crippen LogP contribution in [0.2, 0.25) is 0 Å². The highest BCUT2D eigenvalue weighted by Crippen LogP contribution is 2.28. The summed E-state index contributed by atoms with van der Waals surface area (Å²) in [6, 6.07) is 13.9. The van der Waals surface area contributed by atoms with Crippen molar-refractivity contribution in [2.75, 3.05) is 13.7 Å². The van der Waals surface area contributed by atoms with Gasteiger partial charge in [0.15, 0.2) is 16.6 Å². The molecule has 0 bridgehead atoms. The Hall–Kier alpha value is -2.93. The molecule has 6 nitrogen and oxygen atoms in total. The number of hydrazone groups is 1. The lowest BCUT2D eigenvalue weighted by Gasteiger charge is -2.10. The van der Waals surface area contributed by atoms with E-state index in [1.807, 2.05) is 13.0 Å². The number of carbonyl (C=O) groups is 1. The Morgan fingerprint density at radius 3 is 2.64 bits per heavy atom. The molecular formula is C18H19N3O3S. The van der Waals surface area contributed by atoms with Crippen LogP contribution in [0.4, 0.5) is 0 Å². The Morgan fingerprint density at radius 2 is 1.96 bits per heavy atom. The first kappa shape index (κ1) is 18.4. The number of hydrogen-bond acceptors (Lipinski definition) is 5. The Morgan fingerprint density at radius 1 is 1.20 bits per heavy atom. The van der Waals surface area contributed by atoms with Crippen molar-refractivity contribution >= 4 is 29.5 Å². The van der Waals surface area contributed by atoms with Crippen molar-refractivity contribution in [2.24, 2.45) is 5.10 Å². The van der Waals surface area contributed by atoms with E-state index in [1.54, 1.807) is 48.7 Å². The van der Waals surface area contributed by atoms with Gasteiger partial charge in [0.2, 0.25) is 0 Å². The van der Waals surface area contributed by atoms with Crippen molar-refractivity contribution in [2.45, 2.75) is 6.92 Å². The van der Waals surface area contributed by atoms with E-state index in [9.17, 15) is 4.79 Å². The second kappa shape index (κ2) is 9.39. The number of benzene rings is 2. The highest BCUT2D eigenvalue weighted by molar-refractivity contribution is 7.80. The minimum Gasteiger partial charge on any atom is -0.493 e. The van der Waals surface area contributed by atoms with Crippen LogP contribution in [0.15, 0.2) is 53.6 Å². The molecule has 0 spiro atoms. The first-order valence-corrected chi connectivity index (χ1v) is 8.07. The molecule has 130 valence electrons. The lowest BCUT2D eigenvalue weighted by molar-refractivity contribution is 0.0729. The summed E-state index contributed by atoms with van der Waals surface area (Å²) in [6.07, 6.45) is 1.59. The predicted molar refractivity (Wildman–Crippen MR) is 101 cm³/mol. The molecule has 0 unspecified atom stereocenters. The summed E-state index contributed by atoms with van der Waals surface area (Å²) in [6.45, 7) is 2.66. The number of nitrogens with one attached hydrogen (secondary N) is 2. The van der Waals surface area contributed by atoms with Gasteiger partial charge in [-0.05, 0) is 55.0 Å². The Balaban J connectivity index is 2.07. The number of methoxy groups -OCH3 is 1. The van der Waals surface area contributed by atoms with Gasteiger partial charge in [0.1, 0.15) is 0 Å². The van der Waals surface area contributed by atoms with Crippen molar-refractivity contribution in [1.29, 1.82) is 0 Å². The van der Waals surface area contributed by atoms with Gasteiger partial charge in [-0.25, -0.2) is 4.79 Å². The molecular weight excluding hydrogens is 338 g/mol. The summed E-state index contributed by atoms with van der Waals surface area (Å²) in [7, 11) is 1.51. The van der Waals surface area contributed by atoms with Crippen LogP contribution >= 0.6 is 12.2 Å². The maximum absolute atomic E-state index is 12.1. The fourth-order valence-electron chi connectivity index (χ4n) is 1.95. The highest BCUT2D eigenvalue weighted by Gasteiger charge is 2.12. The topological polar surface area (TPSA) is 72.0 Å². The molecule has 7 heteroatoms. The van der Waals surface area contributed by atoms with Gasteiger partial charge < -0.3 is 14.8 Å². The average molecular weight is 357 g/mol. The fraction of sp³-hybridized carbons (Fsp3) is 0.167. The zero-order valence-electron chi connectivity index (χ0n) is 14.0. The Labute approximate surface area is 151 Å². The number of carbonyl (C=O) groups excluding carboxylic acids is 1. The predicted octanol–water partition coefficient (Wildman–Crippen LogP) is 2.73. The lowest BCUT2D eigenvalue weighted by Crippen LogP contribution is -2.31. The molecule has 0 saturated carbocycles. The summed E-state index contributed by atoms with van der Waals surface area (Å²) in [5, 5.41) is 7.40. The van der Waals surface area contributed by atoms with Crippen LogP contribution in [0.5, 0.6) is 11.5 Å². The molecule has 2 N–H and O–H groups in total. The molecule has 0 fully saturated rings. The Kier molecular flexibility index (Phi) is 6.91. The fourth-order valence-corrected chi connectivity index (χ4v) is 2.14. The van der Waals surface area contributed by atoms with E-state index in [4.69, 9.17) is 21.7 Å². The summed E-state index contributed by atoms with van der Waals surface area (Å²) in [4.78, 5) is 12.1. The van der Waals surface area contributed by atoms with Crippen LogP contribution in [0, 0.1) is 0 Å². The monoisotopic (exact) mass is 357 g/mol. The third-order valence-electron chi connectivity index (χ3n) is 3.12. The van der Waals surface area contributed by atoms with Crippen molar-refractivity contribution in [3.8, 4) is 11.5 Å². The second-order valence-corrected chi connectivity index (χ2v) is 5.30. The third-order valence-corrected chi connectivity index (χ3v) is 3.35.